The smallest absolute Gasteiger partial charge is 0.225 e. The van der Waals surface area contributed by atoms with Crippen LogP contribution >= 0.6 is 0 Å². The van der Waals surface area contributed by atoms with Crippen LogP contribution in [-0.2, 0) is 14.3 Å². The Hall–Kier alpha value is -1.14. The van der Waals surface area contributed by atoms with Gasteiger partial charge in [0.05, 0.1) is 19.1 Å². The first-order valence-electron chi connectivity index (χ1n) is 10.5. The van der Waals surface area contributed by atoms with Crippen molar-refractivity contribution in [2.75, 3.05) is 32.8 Å². The fourth-order valence-corrected chi connectivity index (χ4v) is 4.79. The lowest BCUT2D eigenvalue weighted by atomic mass is 9.84. The second kappa shape index (κ2) is 8.70. The third-order valence-electron chi connectivity index (χ3n) is 6.23. The van der Waals surface area contributed by atoms with Crippen molar-refractivity contribution in [1.82, 2.24) is 15.1 Å². The molecule has 0 aromatic rings. The van der Waals surface area contributed by atoms with Gasteiger partial charge in [-0.2, -0.15) is 0 Å². The van der Waals surface area contributed by atoms with Crippen molar-refractivity contribution in [3.63, 3.8) is 0 Å². The molecule has 148 valence electrons. The highest BCUT2D eigenvalue weighted by atomic mass is 16.5. The zero-order valence-electron chi connectivity index (χ0n) is 16.6. The number of rotatable bonds is 9. The van der Waals surface area contributed by atoms with Gasteiger partial charge in [-0.05, 0) is 45.6 Å². The molecule has 3 fully saturated rings. The molecule has 4 atom stereocenters. The van der Waals surface area contributed by atoms with Crippen LogP contribution in [-0.4, -0.2) is 72.6 Å². The SMILES string of the molecule is CCCN1C[C@@H](CC(=O)NC2CC2)[C@H]2[C@H](CC(=O)N(CC)CC)OC[C@H]21. The van der Waals surface area contributed by atoms with Gasteiger partial charge in [-0.3, -0.25) is 14.5 Å². The molecule has 26 heavy (non-hydrogen) atoms. The van der Waals surface area contributed by atoms with E-state index in [-0.39, 0.29) is 17.9 Å². The summed E-state index contributed by atoms with van der Waals surface area (Å²) in [7, 11) is 0. The topological polar surface area (TPSA) is 61.9 Å². The second-order valence-electron chi connectivity index (χ2n) is 8.09. The molecule has 0 bridgehead atoms. The number of nitrogens with zero attached hydrogens (tertiary/aromatic N) is 2. The van der Waals surface area contributed by atoms with E-state index in [0.717, 1.165) is 45.4 Å². The summed E-state index contributed by atoms with van der Waals surface area (Å²) in [6.07, 6.45) is 4.31. The molecule has 0 aromatic heterocycles. The van der Waals surface area contributed by atoms with Gasteiger partial charge < -0.3 is 15.0 Å². The summed E-state index contributed by atoms with van der Waals surface area (Å²) < 4.78 is 6.09. The van der Waals surface area contributed by atoms with Crippen LogP contribution in [0.5, 0.6) is 0 Å². The summed E-state index contributed by atoms with van der Waals surface area (Å²) >= 11 is 0. The molecule has 2 saturated heterocycles. The van der Waals surface area contributed by atoms with Crippen molar-refractivity contribution < 1.29 is 14.3 Å². The summed E-state index contributed by atoms with van der Waals surface area (Å²) in [6.45, 7) is 10.4. The Balaban J connectivity index is 1.65. The summed E-state index contributed by atoms with van der Waals surface area (Å²) in [5, 5.41) is 3.13. The fraction of sp³-hybridized carbons (Fsp3) is 0.900. The molecule has 0 radical (unpaired) electrons. The van der Waals surface area contributed by atoms with E-state index in [1.807, 2.05) is 18.7 Å². The first-order chi connectivity index (χ1) is 12.6. The van der Waals surface area contributed by atoms with Gasteiger partial charge in [0.1, 0.15) is 0 Å². The maximum atomic E-state index is 12.6. The summed E-state index contributed by atoms with van der Waals surface area (Å²) in [5.74, 6) is 0.944. The third kappa shape index (κ3) is 4.39. The molecule has 0 aromatic carbocycles. The Kier molecular flexibility index (Phi) is 6.56. The third-order valence-corrected chi connectivity index (χ3v) is 6.23. The van der Waals surface area contributed by atoms with Gasteiger partial charge in [0.2, 0.25) is 11.8 Å². The zero-order valence-corrected chi connectivity index (χ0v) is 16.6. The maximum absolute atomic E-state index is 12.6. The quantitative estimate of drug-likeness (QED) is 0.675. The molecule has 6 heteroatoms. The average Bonchev–Trinajstić information content (AvgIpc) is 3.22. The number of likely N-dealkylation sites (tertiary alicyclic amines) is 1. The maximum Gasteiger partial charge on any atom is 0.225 e. The number of hydrogen-bond donors (Lipinski definition) is 1. The highest BCUT2D eigenvalue weighted by Gasteiger charge is 2.51. The van der Waals surface area contributed by atoms with Gasteiger partial charge in [-0.1, -0.05) is 6.92 Å². The molecule has 1 aliphatic carbocycles. The first-order valence-corrected chi connectivity index (χ1v) is 10.5. The van der Waals surface area contributed by atoms with Crippen molar-refractivity contribution in [3.8, 4) is 0 Å². The molecular formula is C20H35N3O3. The number of carbonyl (C=O) groups is 2. The fourth-order valence-electron chi connectivity index (χ4n) is 4.79. The Labute approximate surface area is 157 Å². The summed E-state index contributed by atoms with van der Waals surface area (Å²) in [5.41, 5.74) is 0. The molecule has 3 aliphatic rings. The average molecular weight is 366 g/mol. The van der Waals surface area contributed by atoms with Crippen LogP contribution in [0.2, 0.25) is 0 Å². The van der Waals surface area contributed by atoms with Crippen molar-refractivity contribution in [2.24, 2.45) is 11.8 Å². The minimum atomic E-state index is -0.0475. The van der Waals surface area contributed by atoms with Crippen LogP contribution in [0, 0.1) is 11.8 Å². The van der Waals surface area contributed by atoms with Gasteiger partial charge >= 0.3 is 0 Å². The molecular weight excluding hydrogens is 330 g/mol. The van der Waals surface area contributed by atoms with Crippen LogP contribution in [0.15, 0.2) is 0 Å². The van der Waals surface area contributed by atoms with Crippen molar-refractivity contribution in [3.05, 3.63) is 0 Å². The van der Waals surface area contributed by atoms with Crippen LogP contribution < -0.4 is 5.32 Å². The molecule has 2 amide bonds. The highest BCUT2D eigenvalue weighted by molar-refractivity contribution is 5.77. The summed E-state index contributed by atoms with van der Waals surface area (Å²) in [4.78, 5) is 29.3. The van der Waals surface area contributed by atoms with Gasteiger partial charge in [-0.15, -0.1) is 0 Å². The van der Waals surface area contributed by atoms with Crippen LogP contribution in [0.4, 0.5) is 0 Å². The number of nitrogens with one attached hydrogen (secondary N) is 1. The molecule has 6 nitrogen and oxygen atoms in total. The number of hydrogen-bond acceptors (Lipinski definition) is 4. The summed E-state index contributed by atoms with van der Waals surface area (Å²) in [6, 6.07) is 0.773. The Morgan fingerprint density at radius 1 is 1.15 bits per heavy atom. The zero-order chi connectivity index (χ0) is 18.7. The van der Waals surface area contributed by atoms with E-state index in [9.17, 15) is 9.59 Å². The van der Waals surface area contributed by atoms with E-state index < -0.39 is 0 Å². The highest BCUT2D eigenvalue weighted by Crippen LogP contribution is 2.41. The van der Waals surface area contributed by atoms with E-state index in [4.69, 9.17) is 4.74 Å². The number of carbonyl (C=O) groups excluding carboxylic acids is 2. The van der Waals surface area contributed by atoms with Crippen molar-refractivity contribution >= 4 is 11.8 Å². The van der Waals surface area contributed by atoms with Gasteiger partial charge in [0.15, 0.2) is 0 Å². The molecule has 2 heterocycles. The lowest BCUT2D eigenvalue weighted by molar-refractivity contribution is -0.133. The van der Waals surface area contributed by atoms with E-state index in [0.29, 0.717) is 43.4 Å². The number of fused-ring (bicyclic) bond motifs is 1. The van der Waals surface area contributed by atoms with Crippen LogP contribution in [0.1, 0.15) is 52.9 Å². The van der Waals surface area contributed by atoms with E-state index in [1.165, 1.54) is 0 Å². The minimum Gasteiger partial charge on any atom is -0.376 e. The minimum absolute atomic E-state index is 0.0475. The number of amides is 2. The Morgan fingerprint density at radius 2 is 1.88 bits per heavy atom. The predicted octanol–water partition coefficient (Wildman–Crippen LogP) is 1.64. The van der Waals surface area contributed by atoms with Gasteiger partial charge in [-0.25, -0.2) is 0 Å². The lowest BCUT2D eigenvalue weighted by Crippen LogP contribution is -2.37. The largest absolute Gasteiger partial charge is 0.376 e. The van der Waals surface area contributed by atoms with E-state index in [2.05, 4.69) is 17.1 Å². The molecule has 2 aliphatic heterocycles. The van der Waals surface area contributed by atoms with Gasteiger partial charge in [0.25, 0.3) is 0 Å². The number of ether oxygens (including phenoxy) is 1. The standard InChI is InChI=1S/C20H35N3O3/c1-4-9-23-12-14(10-18(24)21-15-7-8-15)20-16(23)13-26-17(20)11-19(25)22(5-2)6-3/h14-17,20H,4-13H2,1-3H3,(H,21,24)/t14-,16-,17+,20-/m1/s1. The monoisotopic (exact) mass is 365 g/mol. The van der Waals surface area contributed by atoms with Crippen LogP contribution in [0.3, 0.4) is 0 Å². The molecule has 1 saturated carbocycles. The normalized spacial score (nSPS) is 31.0. The van der Waals surface area contributed by atoms with Crippen molar-refractivity contribution in [1.29, 1.82) is 0 Å². The lowest BCUT2D eigenvalue weighted by Gasteiger charge is -2.26. The Bertz CT molecular complexity index is 505. The Morgan fingerprint density at radius 3 is 2.50 bits per heavy atom. The first kappa shape index (κ1) is 19.6. The predicted molar refractivity (Wildman–Crippen MR) is 101 cm³/mol. The second-order valence-corrected chi connectivity index (χ2v) is 8.09. The van der Waals surface area contributed by atoms with Gasteiger partial charge in [0, 0.05) is 44.1 Å². The molecule has 0 spiro atoms. The van der Waals surface area contributed by atoms with E-state index in [1.54, 1.807) is 0 Å². The molecule has 0 unspecified atom stereocenters. The van der Waals surface area contributed by atoms with Crippen LogP contribution in [0.25, 0.3) is 0 Å². The van der Waals surface area contributed by atoms with E-state index >= 15 is 0 Å². The molecule has 3 rings (SSSR count). The molecule has 1 N–H and O–H groups in total. The van der Waals surface area contributed by atoms with Crippen molar-refractivity contribution in [2.45, 2.75) is 71.1 Å².